The van der Waals surface area contributed by atoms with Crippen LogP contribution in [0.4, 0.5) is 8.78 Å². The maximum Gasteiger partial charge on any atom is 0.152 e. The summed E-state index contributed by atoms with van der Waals surface area (Å²) in [4.78, 5) is 9.31. The second kappa shape index (κ2) is 12.5. The molecule has 42 heavy (non-hydrogen) atoms. The SMILES string of the molecule is Cc1ccc(-c2c(-c3ccc(F)cc3)ncn2CCSSCCn2cnc(-c3ccc(F)cc3)c2-c2ccc(C)o2)o1. The molecule has 0 radical (unpaired) electrons. The number of benzene rings is 2. The van der Waals surface area contributed by atoms with Gasteiger partial charge in [-0.3, -0.25) is 0 Å². The minimum absolute atomic E-state index is 0.282. The molecule has 0 aliphatic rings. The largest absolute Gasteiger partial charge is 0.460 e. The highest BCUT2D eigenvalue weighted by Crippen LogP contribution is 2.35. The molecule has 4 heterocycles. The smallest absolute Gasteiger partial charge is 0.152 e. The van der Waals surface area contributed by atoms with E-state index in [1.165, 1.54) is 24.3 Å². The first kappa shape index (κ1) is 28.1. The topological polar surface area (TPSA) is 61.9 Å². The summed E-state index contributed by atoms with van der Waals surface area (Å²) >= 11 is 0. The molecular weight excluding hydrogens is 575 g/mol. The van der Waals surface area contributed by atoms with Gasteiger partial charge >= 0.3 is 0 Å². The highest BCUT2D eigenvalue weighted by atomic mass is 33.1. The molecule has 2 aromatic carbocycles. The van der Waals surface area contributed by atoms with E-state index in [2.05, 4.69) is 19.1 Å². The number of halogens is 2. The number of furan rings is 2. The van der Waals surface area contributed by atoms with Crippen LogP contribution >= 0.6 is 21.6 Å². The molecule has 6 rings (SSSR count). The van der Waals surface area contributed by atoms with Gasteiger partial charge in [0.2, 0.25) is 0 Å². The van der Waals surface area contributed by atoms with Gasteiger partial charge in [-0.25, -0.2) is 18.7 Å². The Labute approximate surface area is 250 Å². The average molecular weight is 603 g/mol. The van der Waals surface area contributed by atoms with Crippen LogP contribution in [0.3, 0.4) is 0 Å². The van der Waals surface area contributed by atoms with Crippen molar-refractivity contribution in [3.63, 3.8) is 0 Å². The molecule has 0 bridgehead atoms. The maximum atomic E-state index is 13.5. The van der Waals surface area contributed by atoms with Crippen LogP contribution in [-0.2, 0) is 13.1 Å². The zero-order valence-electron chi connectivity index (χ0n) is 23.1. The number of imidazole rings is 2. The average Bonchev–Trinajstić information content (AvgIpc) is 3.78. The molecule has 0 aliphatic carbocycles. The molecule has 0 fully saturated rings. The molecule has 0 aliphatic heterocycles. The predicted molar refractivity (Wildman–Crippen MR) is 165 cm³/mol. The van der Waals surface area contributed by atoms with Crippen molar-refractivity contribution in [1.82, 2.24) is 19.1 Å². The highest BCUT2D eigenvalue weighted by Gasteiger charge is 2.19. The van der Waals surface area contributed by atoms with Gasteiger partial charge in [0.15, 0.2) is 11.5 Å². The number of hydrogen-bond acceptors (Lipinski definition) is 6. The molecule has 0 N–H and O–H groups in total. The van der Waals surface area contributed by atoms with Gasteiger partial charge in [0.25, 0.3) is 0 Å². The summed E-state index contributed by atoms with van der Waals surface area (Å²) in [5, 5.41) is 0. The van der Waals surface area contributed by atoms with E-state index in [4.69, 9.17) is 8.83 Å². The molecule has 6 nitrogen and oxygen atoms in total. The molecule has 0 unspecified atom stereocenters. The van der Waals surface area contributed by atoms with E-state index in [0.29, 0.717) is 0 Å². The van der Waals surface area contributed by atoms with Crippen LogP contribution < -0.4 is 0 Å². The maximum absolute atomic E-state index is 13.5. The van der Waals surface area contributed by atoms with Crippen molar-refractivity contribution in [2.24, 2.45) is 0 Å². The lowest BCUT2D eigenvalue weighted by atomic mass is 10.1. The quantitative estimate of drug-likeness (QED) is 0.109. The van der Waals surface area contributed by atoms with Crippen molar-refractivity contribution in [1.29, 1.82) is 0 Å². The van der Waals surface area contributed by atoms with Crippen molar-refractivity contribution < 1.29 is 17.6 Å². The predicted octanol–water partition coefficient (Wildman–Crippen LogP) is 8.91. The molecule has 4 aromatic heterocycles. The summed E-state index contributed by atoms with van der Waals surface area (Å²) in [6.45, 7) is 5.29. The van der Waals surface area contributed by atoms with Gasteiger partial charge in [-0.15, -0.1) is 0 Å². The Hall–Kier alpha value is -4.02. The lowest BCUT2D eigenvalue weighted by Gasteiger charge is -2.10. The van der Waals surface area contributed by atoms with Gasteiger partial charge in [-0.2, -0.15) is 0 Å². The van der Waals surface area contributed by atoms with Crippen LogP contribution in [0.1, 0.15) is 11.5 Å². The first-order valence-corrected chi connectivity index (χ1v) is 16.0. The summed E-state index contributed by atoms with van der Waals surface area (Å²) in [6.07, 6.45) is 3.63. The van der Waals surface area contributed by atoms with Crippen LogP contribution in [0.2, 0.25) is 0 Å². The van der Waals surface area contributed by atoms with Crippen LogP contribution in [0.5, 0.6) is 0 Å². The monoisotopic (exact) mass is 602 g/mol. The zero-order chi connectivity index (χ0) is 29.1. The van der Waals surface area contributed by atoms with Crippen molar-refractivity contribution >= 4 is 21.6 Å². The molecule has 0 saturated carbocycles. The molecule has 0 spiro atoms. The summed E-state index contributed by atoms with van der Waals surface area (Å²) < 4.78 is 43.2. The van der Waals surface area contributed by atoms with Gasteiger partial charge in [0.1, 0.15) is 34.5 Å². The fourth-order valence-electron chi connectivity index (χ4n) is 4.77. The van der Waals surface area contributed by atoms with Gasteiger partial charge in [0.05, 0.1) is 24.0 Å². The second-order valence-corrected chi connectivity index (χ2v) is 12.5. The molecule has 0 atom stereocenters. The fourth-order valence-corrected chi connectivity index (χ4v) is 6.70. The van der Waals surface area contributed by atoms with E-state index in [1.807, 2.05) is 50.8 Å². The first-order chi connectivity index (χ1) is 20.5. The van der Waals surface area contributed by atoms with E-state index < -0.39 is 0 Å². The molecule has 0 amide bonds. The third-order valence-corrected chi connectivity index (χ3v) is 9.14. The van der Waals surface area contributed by atoms with Crippen molar-refractivity contribution in [3.05, 3.63) is 109 Å². The lowest BCUT2D eigenvalue weighted by molar-refractivity contribution is 0.541. The zero-order valence-corrected chi connectivity index (χ0v) is 24.7. The Morgan fingerprint density at radius 1 is 0.595 bits per heavy atom. The van der Waals surface area contributed by atoms with Crippen LogP contribution in [-0.4, -0.2) is 30.6 Å². The minimum Gasteiger partial charge on any atom is -0.460 e. The van der Waals surface area contributed by atoms with E-state index in [-0.39, 0.29) is 11.6 Å². The molecule has 214 valence electrons. The van der Waals surface area contributed by atoms with Gasteiger partial charge in [0, 0.05) is 35.7 Å². The minimum atomic E-state index is -0.282. The Morgan fingerprint density at radius 3 is 1.36 bits per heavy atom. The highest BCUT2D eigenvalue weighted by molar-refractivity contribution is 8.76. The first-order valence-electron chi connectivity index (χ1n) is 13.5. The van der Waals surface area contributed by atoms with Gasteiger partial charge in [-0.05, 0) is 86.6 Å². The number of nitrogens with zero attached hydrogens (tertiary/aromatic N) is 4. The third-order valence-electron chi connectivity index (χ3n) is 6.77. The van der Waals surface area contributed by atoms with E-state index >= 15 is 0 Å². The molecule has 0 saturated heterocycles. The third kappa shape index (κ3) is 6.10. The number of rotatable bonds is 11. The van der Waals surface area contributed by atoms with E-state index in [1.54, 1.807) is 45.9 Å². The Bertz CT molecular complexity index is 1650. The Balaban J connectivity index is 1.12. The van der Waals surface area contributed by atoms with Gasteiger partial charge in [-0.1, -0.05) is 21.6 Å². The molecule has 6 aromatic rings. The van der Waals surface area contributed by atoms with E-state index in [0.717, 1.165) is 81.5 Å². The van der Waals surface area contributed by atoms with Crippen LogP contribution in [0, 0.1) is 25.5 Å². The second-order valence-electron chi connectivity index (χ2n) is 9.75. The van der Waals surface area contributed by atoms with Crippen molar-refractivity contribution in [2.75, 3.05) is 11.5 Å². The fraction of sp³-hybridized carbons (Fsp3) is 0.188. The van der Waals surface area contributed by atoms with Gasteiger partial charge < -0.3 is 18.0 Å². The number of aromatic nitrogens is 4. The summed E-state index contributed by atoms with van der Waals surface area (Å²) in [5.74, 6) is 4.25. The van der Waals surface area contributed by atoms with Crippen LogP contribution in [0.15, 0.2) is 94.3 Å². The van der Waals surface area contributed by atoms with Crippen molar-refractivity contribution in [2.45, 2.75) is 26.9 Å². The summed E-state index contributed by atoms with van der Waals surface area (Å²) in [5.41, 5.74) is 4.96. The normalized spacial score (nSPS) is 11.4. The standard InChI is InChI=1S/C32H28F2N4O2S2/c1-21-3-13-27(39-21)31-29(23-5-9-25(33)10-6-23)35-19-37(31)15-17-41-42-18-16-38-20-36-30(24-7-11-26(34)12-8-24)32(38)28-14-4-22(2)40-28/h3-14,19-20H,15-18H2,1-2H3. The lowest BCUT2D eigenvalue weighted by Crippen LogP contribution is -2.02. The summed E-state index contributed by atoms with van der Waals surface area (Å²) in [7, 11) is 3.57. The number of hydrogen-bond donors (Lipinski definition) is 0. The Morgan fingerprint density at radius 2 is 1.00 bits per heavy atom. The Kier molecular flexibility index (Phi) is 8.34. The molecule has 10 heteroatoms. The number of aryl methyl sites for hydroxylation is 4. The summed E-state index contributed by atoms with van der Waals surface area (Å²) in [6, 6.07) is 20.5. The van der Waals surface area contributed by atoms with Crippen LogP contribution in [0.25, 0.3) is 45.4 Å². The molecular formula is C32H28F2N4O2S2. The van der Waals surface area contributed by atoms with E-state index in [9.17, 15) is 8.78 Å². The van der Waals surface area contributed by atoms with Crippen molar-refractivity contribution in [3.8, 4) is 45.4 Å².